The van der Waals surface area contributed by atoms with Gasteiger partial charge in [-0.2, -0.15) is 4.98 Å². The van der Waals surface area contributed by atoms with Gasteiger partial charge in [-0.1, -0.05) is 23.4 Å². The van der Waals surface area contributed by atoms with Gasteiger partial charge in [-0.05, 0) is 12.1 Å². The monoisotopic (exact) mass is 486 g/mol. The number of hydrogen-bond donors (Lipinski definition) is 1. The van der Waals surface area contributed by atoms with Crippen molar-refractivity contribution < 1.29 is 9.26 Å². The van der Waals surface area contributed by atoms with Gasteiger partial charge in [0, 0.05) is 46.7 Å². The molecular formula is C18H27IN6O2. The van der Waals surface area contributed by atoms with Crippen molar-refractivity contribution >= 4 is 29.9 Å². The van der Waals surface area contributed by atoms with Gasteiger partial charge in [0.15, 0.2) is 11.8 Å². The number of benzene rings is 1. The van der Waals surface area contributed by atoms with Crippen molar-refractivity contribution in [1.29, 1.82) is 0 Å². The smallest absolute Gasteiger partial charge is 0.223 e. The lowest BCUT2D eigenvalue weighted by atomic mass is 10.3. The summed E-state index contributed by atoms with van der Waals surface area (Å²) in [5, 5.41) is 7.19. The molecule has 27 heavy (non-hydrogen) atoms. The van der Waals surface area contributed by atoms with E-state index in [2.05, 4.69) is 30.2 Å². The van der Waals surface area contributed by atoms with Gasteiger partial charge in [0.05, 0.1) is 6.54 Å². The molecule has 1 aromatic heterocycles. The number of ether oxygens (including phenoxy) is 1. The lowest BCUT2D eigenvalue weighted by molar-refractivity contribution is 0.152. The zero-order chi connectivity index (χ0) is 18.2. The van der Waals surface area contributed by atoms with Gasteiger partial charge in [0.1, 0.15) is 12.4 Å². The van der Waals surface area contributed by atoms with Gasteiger partial charge in [-0.3, -0.25) is 9.89 Å². The molecule has 0 saturated carbocycles. The van der Waals surface area contributed by atoms with E-state index in [4.69, 9.17) is 9.26 Å². The fraction of sp³-hybridized carbons (Fsp3) is 0.500. The van der Waals surface area contributed by atoms with Crippen LogP contribution in [0.25, 0.3) is 0 Å². The Morgan fingerprint density at radius 3 is 2.59 bits per heavy atom. The van der Waals surface area contributed by atoms with E-state index in [0.717, 1.165) is 44.4 Å². The molecule has 1 fully saturated rings. The van der Waals surface area contributed by atoms with Gasteiger partial charge in [0.25, 0.3) is 0 Å². The first-order valence-corrected chi connectivity index (χ1v) is 8.89. The van der Waals surface area contributed by atoms with Crippen molar-refractivity contribution in [1.82, 2.24) is 25.3 Å². The number of aliphatic imine (C=N–C) groups is 1. The summed E-state index contributed by atoms with van der Waals surface area (Å²) in [5.41, 5.74) is 0. The minimum Gasteiger partial charge on any atom is -0.492 e. The van der Waals surface area contributed by atoms with E-state index in [9.17, 15) is 0 Å². The van der Waals surface area contributed by atoms with Crippen LogP contribution in [-0.2, 0) is 6.54 Å². The van der Waals surface area contributed by atoms with Gasteiger partial charge in [0.2, 0.25) is 5.89 Å². The SMILES string of the molecule is CN=C(NCc1noc(C)n1)N1CCN(CCOc2ccccc2)CC1.I. The Kier molecular flexibility index (Phi) is 8.79. The van der Waals surface area contributed by atoms with E-state index >= 15 is 0 Å². The van der Waals surface area contributed by atoms with Crippen molar-refractivity contribution in [3.05, 3.63) is 42.0 Å². The van der Waals surface area contributed by atoms with E-state index in [-0.39, 0.29) is 24.0 Å². The highest BCUT2D eigenvalue weighted by atomic mass is 127. The molecule has 0 bridgehead atoms. The average Bonchev–Trinajstić information content (AvgIpc) is 3.09. The molecule has 1 aliphatic rings. The molecule has 3 rings (SSSR count). The quantitative estimate of drug-likeness (QED) is 0.379. The average molecular weight is 486 g/mol. The molecule has 148 valence electrons. The Morgan fingerprint density at radius 1 is 1.22 bits per heavy atom. The van der Waals surface area contributed by atoms with E-state index in [1.807, 2.05) is 30.3 Å². The number of aryl methyl sites for hydroxylation is 1. The zero-order valence-electron chi connectivity index (χ0n) is 15.8. The number of guanidine groups is 1. The summed E-state index contributed by atoms with van der Waals surface area (Å²) < 4.78 is 10.8. The first kappa shape index (κ1) is 21.4. The summed E-state index contributed by atoms with van der Waals surface area (Å²) in [4.78, 5) is 13.2. The Hall–Kier alpha value is -1.88. The highest BCUT2D eigenvalue weighted by Crippen LogP contribution is 2.09. The zero-order valence-corrected chi connectivity index (χ0v) is 18.1. The van der Waals surface area contributed by atoms with Gasteiger partial charge < -0.3 is 19.5 Å². The predicted molar refractivity (Wildman–Crippen MR) is 115 cm³/mol. The maximum Gasteiger partial charge on any atom is 0.223 e. The number of piperazine rings is 1. The first-order valence-electron chi connectivity index (χ1n) is 8.89. The second kappa shape index (κ2) is 11.1. The molecule has 0 atom stereocenters. The third-order valence-corrected chi connectivity index (χ3v) is 4.28. The number of nitrogens with one attached hydrogen (secondary N) is 1. The van der Waals surface area contributed by atoms with Crippen LogP contribution in [0.1, 0.15) is 11.7 Å². The topological polar surface area (TPSA) is 79.0 Å². The number of rotatable bonds is 6. The molecule has 0 radical (unpaired) electrons. The lowest BCUT2D eigenvalue weighted by Gasteiger charge is -2.36. The van der Waals surface area contributed by atoms with E-state index < -0.39 is 0 Å². The maximum atomic E-state index is 5.78. The molecule has 0 amide bonds. The highest BCUT2D eigenvalue weighted by molar-refractivity contribution is 14.0. The third-order valence-electron chi connectivity index (χ3n) is 4.28. The Balaban J connectivity index is 0.00000261. The number of hydrogen-bond acceptors (Lipinski definition) is 6. The number of halogens is 1. The Bertz CT molecular complexity index is 701. The highest BCUT2D eigenvalue weighted by Gasteiger charge is 2.19. The number of aromatic nitrogens is 2. The second-order valence-electron chi connectivity index (χ2n) is 6.12. The summed E-state index contributed by atoms with van der Waals surface area (Å²) in [7, 11) is 1.80. The fourth-order valence-electron chi connectivity index (χ4n) is 2.90. The van der Waals surface area contributed by atoms with Crippen LogP contribution >= 0.6 is 24.0 Å². The molecule has 2 heterocycles. The van der Waals surface area contributed by atoms with Crippen molar-refractivity contribution in [3.8, 4) is 5.75 Å². The Labute approximate surface area is 177 Å². The lowest BCUT2D eigenvalue weighted by Crippen LogP contribution is -2.52. The summed E-state index contributed by atoms with van der Waals surface area (Å²) in [5.74, 6) is 3.00. The van der Waals surface area contributed by atoms with Crippen molar-refractivity contribution in [2.75, 3.05) is 46.4 Å². The van der Waals surface area contributed by atoms with Gasteiger partial charge in [-0.15, -0.1) is 24.0 Å². The summed E-state index contributed by atoms with van der Waals surface area (Å²) in [6.45, 7) is 7.75. The molecule has 9 heteroatoms. The van der Waals surface area contributed by atoms with Crippen molar-refractivity contribution in [3.63, 3.8) is 0 Å². The minimum absolute atomic E-state index is 0. The van der Waals surface area contributed by atoms with Gasteiger partial charge in [-0.25, -0.2) is 0 Å². The maximum absolute atomic E-state index is 5.78. The molecule has 8 nitrogen and oxygen atoms in total. The van der Waals surface area contributed by atoms with Crippen LogP contribution in [0.15, 0.2) is 39.8 Å². The van der Waals surface area contributed by atoms with E-state index in [1.165, 1.54) is 0 Å². The molecule has 0 unspecified atom stereocenters. The van der Waals surface area contributed by atoms with E-state index in [0.29, 0.717) is 24.9 Å². The van der Waals surface area contributed by atoms with Crippen molar-refractivity contribution in [2.24, 2.45) is 4.99 Å². The normalized spacial score (nSPS) is 15.3. The molecule has 1 saturated heterocycles. The number of nitrogens with zero attached hydrogens (tertiary/aromatic N) is 5. The van der Waals surface area contributed by atoms with Crippen LogP contribution in [0, 0.1) is 6.92 Å². The van der Waals surface area contributed by atoms with Gasteiger partial charge >= 0.3 is 0 Å². The minimum atomic E-state index is 0. The van der Waals surface area contributed by atoms with Crippen LogP contribution in [0.3, 0.4) is 0 Å². The first-order chi connectivity index (χ1) is 12.7. The van der Waals surface area contributed by atoms with Crippen LogP contribution in [0.4, 0.5) is 0 Å². The molecule has 0 aliphatic carbocycles. The summed E-state index contributed by atoms with van der Waals surface area (Å²) in [6.07, 6.45) is 0. The molecule has 2 aromatic rings. The second-order valence-corrected chi connectivity index (χ2v) is 6.12. The Morgan fingerprint density at radius 2 is 1.96 bits per heavy atom. The largest absolute Gasteiger partial charge is 0.492 e. The standard InChI is InChI=1S/C18H26N6O2.HI/c1-15-21-17(22-26-15)14-20-18(19-2)24-10-8-23(9-11-24)12-13-25-16-6-4-3-5-7-16;/h3-7H,8-14H2,1-2H3,(H,19,20);1H. The summed E-state index contributed by atoms with van der Waals surface area (Å²) >= 11 is 0. The molecule has 1 aromatic carbocycles. The molecular weight excluding hydrogens is 459 g/mol. The van der Waals surface area contributed by atoms with Crippen LogP contribution in [0.2, 0.25) is 0 Å². The van der Waals surface area contributed by atoms with Crippen molar-refractivity contribution in [2.45, 2.75) is 13.5 Å². The van der Waals surface area contributed by atoms with Crippen LogP contribution in [-0.4, -0.2) is 72.3 Å². The molecule has 1 aliphatic heterocycles. The fourth-order valence-corrected chi connectivity index (χ4v) is 2.90. The third kappa shape index (κ3) is 6.65. The van der Waals surface area contributed by atoms with E-state index in [1.54, 1.807) is 14.0 Å². The summed E-state index contributed by atoms with van der Waals surface area (Å²) in [6, 6.07) is 9.94. The predicted octanol–water partition coefficient (Wildman–Crippen LogP) is 1.77. The van der Waals surface area contributed by atoms with Crippen LogP contribution < -0.4 is 10.1 Å². The molecule has 0 spiro atoms. The van der Waals surface area contributed by atoms with Crippen LogP contribution in [0.5, 0.6) is 5.75 Å². The molecule has 1 N–H and O–H groups in total. The number of para-hydroxylation sites is 1.